The van der Waals surface area contributed by atoms with Crippen LogP contribution in [0.4, 0.5) is 11.4 Å². The number of ether oxygens (including phenoxy) is 1. The van der Waals surface area contributed by atoms with E-state index in [9.17, 15) is 9.59 Å². The molecule has 2 aromatic rings. The van der Waals surface area contributed by atoms with Crippen molar-refractivity contribution in [2.75, 3.05) is 24.3 Å². The molecule has 2 N–H and O–H groups in total. The number of nitrogens with zero attached hydrogens (tertiary/aromatic N) is 2. The van der Waals surface area contributed by atoms with Crippen LogP contribution in [0.15, 0.2) is 48.5 Å². The molecule has 23 heavy (non-hydrogen) atoms. The third-order valence-corrected chi connectivity index (χ3v) is 3.24. The highest BCUT2D eigenvalue weighted by Gasteiger charge is 2.23. The molecule has 0 spiro atoms. The molecule has 116 valence electrons. The van der Waals surface area contributed by atoms with Gasteiger partial charge in [-0.05, 0) is 30.3 Å². The summed E-state index contributed by atoms with van der Waals surface area (Å²) in [6.07, 6.45) is 0. The standard InChI is InChI=1S/C17H15N3O3/c1-23-16(21)11-20(13-5-3-2-4-6-13)17(22)14-9-12(10-18)7-8-15(14)19/h2-9H,11,19H2,1H3. The van der Waals surface area contributed by atoms with Gasteiger partial charge < -0.3 is 10.5 Å². The summed E-state index contributed by atoms with van der Waals surface area (Å²) < 4.78 is 4.65. The van der Waals surface area contributed by atoms with Crippen molar-refractivity contribution in [3.05, 3.63) is 59.7 Å². The summed E-state index contributed by atoms with van der Waals surface area (Å²) >= 11 is 0. The highest BCUT2D eigenvalue weighted by molar-refractivity contribution is 6.11. The number of amides is 1. The monoisotopic (exact) mass is 309 g/mol. The first-order valence-corrected chi connectivity index (χ1v) is 6.80. The van der Waals surface area contributed by atoms with Crippen LogP contribution in [0.5, 0.6) is 0 Å². The molecular formula is C17H15N3O3. The molecule has 0 fully saturated rings. The van der Waals surface area contributed by atoms with Crippen LogP contribution in [-0.2, 0) is 9.53 Å². The Morgan fingerprint density at radius 2 is 1.91 bits per heavy atom. The number of methoxy groups -OCH3 is 1. The molecule has 0 bridgehead atoms. The van der Waals surface area contributed by atoms with Crippen LogP contribution in [0.2, 0.25) is 0 Å². The quantitative estimate of drug-likeness (QED) is 0.688. The van der Waals surface area contributed by atoms with E-state index in [0.717, 1.165) is 0 Å². The van der Waals surface area contributed by atoms with Gasteiger partial charge >= 0.3 is 5.97 Å². The van der Waals surface area contributed by atoms with Crippen molar-refractivity contribution in [3.8, 4) is 6.07 Å². The summed E-state index contributed by atoms with van der Waals surface area (Å²) in [5.74, 6) is -1.03. The number of carbonyl (C=O) groups is 2. The fourth-order valence-electron chi connectivity index (χ4n) is 2.04. The van der Waals surface area contributed by atoms with Gasteiger partial charge in [0.05, 0.1) is 24.3 Å². The minimum atomic E-state index is -0.558. The van der Waals surface area contributed by atoms with Crippen LogP contribution in [0.1, 0.15) is 15.9 Å². The zero-order chi connectivity index (χ0) is 16.8. The van der Waals surface area contributed by atoms with Gasteiger partial charge in [-0.3, -0.25) is 14.5 Å². The number of carbonyl (C=O) groups excluding carboxylic acids is 2. The van der Waals surface area contributed by atoms with Crippen LogP contribution >= 0.6 is 0 Å². The second-order valence-corrected chi connectivity index (χ2v) is 4.72. The average molecular weight is 309 g/mol. The number of rotatable bonds is 4. The molecule has 0 aliphatic rings. The van der Waals surface area contributed by atoms with E-state index < -0.39 is 11.9 Å². The van der Waals surface area contributed by atoms with Crippen molar-refractivity contribution in [1.82, 2.24) is 0 Å². The lowest BCUT2D eigenvalue weighted by molar-refractivity contribution is -0.138. The fraction of sp³-hybridized carbons (Fsp3) is 0.118. The molecule has 6 heteroatoms. The normalized spacial score (nSPS) is 9.74. The van der Waals surface area contributed by atoms with Gasteiger partial charge in [0.1, 0.15) is 6.54 Å². The highest BCUT2D eigenvalue weighted by atomic mass is 16.5. The van der Waals surface area contributed by atoms with Gasteiger partial charge in [-0.1, -0.05) is 18.2 Å². The number of anilines is 2. The maximum absolute atomic E-state index is 12.8. The summed E-state index contributed by atoms with van der Waals surface area (Å²) in [7, 11) is 1.25. The SMILES string of the molecule is COC(=O)CN(C(=O)c1cc(C#N)ccc1N)c1ccccc1. The predicted molar refractivity (Wildman–Crippen MR) is 85.7 cm³/mol. The van der Waals surface area contributed by atoms with Crippen molar-refractivity contribution in [2.24, 2.45) is 0 Å². The van der Waals surface area contributed by atoms with Crippen molar-refractivity contribution in [2.45, 2.75) is 0 Å². The van der Waals surface area contributed by atoms with Crippen LogP contribution in [0.3, 0.4) is 0 Å². The predicted octanol–water partition coefficient (Wildman–Crippen LogP) is 1.96. The first-order valence-electron chi connectivity index (χ1n) is 6.80. The third kappa shape index (κ3) is 3.66. The molecule has 6 nitrogen and oxygen atoms in total. The summed E-state index contributed by atoms with van der Waals surface area (Å²) in [6.45, 7) is -0.254. The van der Waals surface area contributed by atoms with E-state index in [1.807, 2.05) is 6.07 Å². The fourth-order valence-corrected chi connectivity index (χ4v) is 2.04. The summed E-state index contributed by atoms with van der Waals surface area (Å²) in [6, 6.07) is 15.1. The smallest absolute Gasteiger partial charge is 0.325 e. The molecular weight excluding hydrogens is 294 g/mol. The van der Waals surface area contributed by atoms with Gasteiger partial charge in [0.25, 0.3) is 5.91 Å². The topological polar surface area (TPSA) is 96.4 Å². The Kier molecular flexibility index (Phi) is 4.95. The summed E-state index contributed by atoms with van der Waals surface area (Å²) in [5.41, 5.74) is 7.10. The maximum Gasteiger partial charge on any atom is 0.325 e. The van der Waals surface area contributed by atoms with Crippen LogP contribution in [0, 0.1) is 11.3 Å². The second-order valence-electron chi connectivity index (χ2n) is 4.72. The van der Waals surface area contributed by atoms with Crippen molar-refractivity contribution < 1.29 is 14.3 Å². The molecule has 1 amide bonds. The third-order valence-electron chi connectivity index (χ3n) is 3.24. The molecule has 2 rings (SSSR count). The number of nitriles is 1. The van der Waals surface area contributed by atoms with Crippen molar-refractivity contribution in [1.29, 1.82) is 5.26 Å². The van der Waals surface area contributed by atoms with Gasteiger partial charge in [-0.25, -0.2) is 0 Å². The zero-order valence-corrected chi connectivity index (χ0v) is 12.5. The molecule has 2 aromatic carbocycles. The number of para-hydroxylation sites is 1. The van der Waals surface area contributed by atoms with Gasteiger partial charge in [-0.15, -0.1) is 0 Å². The number of benzene rings is 2. The Bertz CT molecular complexity index is 766. The molecule has 0 saturated carbocycles. The Morgan fingerprint density at radius 1 is 1.22 bits per heavy atom. The molecule has 0 aliphatic heterocycles. The lowest BCUT2D eigenvalue weighted by atomic mass is 10.1. The number of nitrogen functional groups attached to an aromatic ring is 1. The molecule has 0 saturated heterocycles. The highest BCUT2D eigenvalue weighted by Crippen LogP contribution is 2.21. The van der Waals surface area contributed by atoms with Gasteiger partial charge in [0, 0.05) is 11.4 Å². The minimum absolute atomic E-state index is 0.164. The second kappa shape index (κ2) is 7.09. The summed E-state index contributed by atoms with van der Waals surface area (Å²) in [5, 5.41) is 8.98. The lowest BCUT2D eigenvalue weighted by Gasteiger charge is -2.22. The molecule has 0 aromatic heterocycles. The number of hydrogen-bond acceptors (Lipinski definition) is 5. The van der Waals surface area contributed by atoms with E-state index in [1.54, 1.807) is 30.3 Å². The van der Waals surface area contributed by atoms with Gasteiger partial charge in [0.2, 0.25) is 0 Å². The Morgan fingerprint density at radius 3 is 2.52 bits per heavy atom. The van der Waals surface area contributed by atoms with Crippen molar-refractivity contribution >= 4 is 23.3 Å². The number of nitrogens with two attached hydrogens (primary N) is 1. The van der Waals surface area contributed by atoms with E-state index in [0.29, 0.717) is 11.3 Å². The van der Waals surface area contributed by atoms with Crippen LogP contribution < -0.4 is 10.6 Å². The van der Waals surface area contributed by atoms with E-state index in [2.05, 4.69) is 4.74 Å². The van der Waals surface area contributed by atoms with Gasteiger partial charge in [0.15, 0.2) is 0 Å². The first kappa shape index (κ1) is 16.0. The maximum atomic E-state index is 12.8. The Balaban J connectivity index is 2.45. The lowest BCUT2D eigenvalue weighted by Crippen LogP contribution is -2.36. The number of esters is 1. The van der Waals surface area contributed by atoms with E-state index in [1.165, 1.54) is 30.2 Å². The van der Waals surface area contributed by atoms with Gasteiger partial charge in [-0.2, -0.15) is 5.26 Å². The molecule has 0 radical (unpaired) electrons. The molecule has 0 unspecified atom stereocenters. The van der Waals surface area contributed by atoms with E-state index >= 15 is 0 Å². The molecule has 0 aliphatic carbocycles. The van der Waals surface area contributed by atoms with E-state index in [-0.39, 0.29) is 17.8 Å². The largest absolute Gasteiger partial charge is 0.468 e. The van der Waals surface area contributed by atoms with E-state index in [4.69, 9.17) is 11.0 Å². The Hall–Kier alpha value is -3.33. The Labute approximate surface area is 133 Å². The number of hydrogen-bond donors (Lipinski definition) is 1. The zero-order valence-electron chi connectivity index (χ0n) is 12.5. The molecule has 0 atom stereocenters. The average Bonchev–Trinajstić information content (AvgIpc) is 2.60. The minimum Gasteiger partial charge on any atom is -0.468 e. The van der Waals surface area contributed by atoms with Crippen LogP contribution in [0.25, 0.3) is 0 Å². The first-order chi connectivity index (χ1) is 11.1. The molecule has 0 heterocycles. The van der Waals surface area contributed by atoms with Crippen LogP contribution in [-0.4, -0.2) is 25.5 Å². The summed E-state index contributed by atoms with van der Waals surface area (Å²) in [4.78, 5) is 25.7. The van der Waals surface area contributed by atoms with Crippen molar-refractivity contribution in [3.63, 3.8) is 0 Å².